The highest BCUT2D eigenvalue weighted by Gasteiger charge is 2.38. The van der Waals surface area contributed by atoms with Gasteiger partial charge in [-0.3, -0.25) is 0 Å². The fourth-order valence-corrected chi connectivity index (χ4v) is 4.93. The highest BCUT2D eigenvalue weighted by atomic mass is 32.1. The van der Waals surface area contributed by atoms with Gasteiger partial charge >= 0.3 is 12.1 Å². The third kappa shape index (κ3) is 6.13. The molecule has 4 aromatic rings. The molecule has 0 atom stereocenters. The number of nitriles is 1. The molecule has 210 valence electrons. The smallest absolute Gasteiger partial charge is 0.475 e. The molecule has 0 saturated carbocycles. The Morgan fingerprint density at radius 2 is 1.90 bits per heavy atom. The first-order chi connectivity index (χ1) is 19.0. The van der Waals surface area contributed by atoms with E-state index in [-0.39, 0.29) is 5.82 Å². The van der Waals surface area contributed by atoms with Gasteiger partial charge in [-0.05, 0) is 37.3 Å². The van der Waals surface area contributed by atoms with Crippen molar-refractivity contribution >= 4 is 45.0 Å². The van der Waals surface area contributed by atoms with Gasteiger partial charge in [0.25, 0.3) is 0 Å². The fraction of sp³-hybridized carbons (Fsp3) is 0.320. The van der Waals surface area contributed by atoms with Crippen molar-refractivity contribution in [3.05, 3.63) is 47.2 Å². The highest BCUT2D eigenvalue weighted by molar-refractivity contribution is 7.16. The molecule has 3 aromatic heterocycles. The van der Waals surface area contributed by atoms with Crippen molar-refractivity contribution in [3.8, 4) is 17.3 Å². The number of carboxylic acid groups (broad SMARTS) is 1. The molecule has 5 rings (SSSR count). The van der Waals surface area contributed by atoms with Crippen LogP contribution in [0.4, 0.5) is 34.2 Å². The second kappa shape index (κ2) is 11.8. The molecule has 0 radical (unpaired) electrons. The number of thiazole rings is 1. The number of aromatic nitrogens is 4. The molecule has 10 nitrogen and oxygen atoms in total. The molecular weight excluding hydrogens is 552 g/mol. The molecule has 4 heterocycles. The average molecular weight is 577 g/mol. The quantitative estimate of drug-likeness (QED) is 0.333. The zero-order valence-electron chi connectivity index (χ0n) is 21.4. The maximum atomic E-state index is 13.4. The van der Waals surface area contributed by atoms with Crippen molar-refractivity contribution in [1.82, 2.24) is 25.1 Å². The molecule has 1 saturated heterocycles. The molecule has 1 aliphatic rings. The van der Waals surface area contributed by atoms with Crippen LogP contribution in [0.3, 0.4) is 0 Å². The van der Waals surface area contributed by atoms with Crippen molar-refractivity contribution in [2.24, 2.45) is 0 Å². The maximum absolute atomic E-state index is 13.4. The summed E-state index contributed by atoms with van der Waals surface area (Å²) in [6.45, 7) is 6.45. The predicted molar refractivity (Wildman–Crippen MR) is 142 cm³/mol. The maximum Gasteiger partial charge on any atom is 0.490 e. The molecular formula is C25H24F4N8O2S. The van der Waals surface area contributed by atoms with E-state index in [1.54, 1.807) is 12.1 Å². The van der Waals surface area contributed by atoms with Gasteiger partial charge in [0, 0.05) is 45.3 Å². The Bertz CT molecular complexity index is 1540. The number of piperazine rings is 1. The van der Waals surface area contributed by atoms with Crippen molar-refractivity contribution < 1.29 is 27.5 Å². The van der Waals surface area contributed by atoms with Crippen LogP contribution >= 0.6 is 11.3 Å². The number of nitrogens with one attached hydrogen (secondary N) is 1. The first-order valence-electron chi connectivity index (χ1n) is 12.1. The number of anilines is 3. The Morgan fingerprint density at radius 1 is 1.25 bits per heavy atom. The Labute approximate surface area is 230 Å². The van der Waals surface area contributed by atoms with Crippen LogP contribution in [0.1, 0.15) is 11.8 Å². The number of nitrogens with zero attached hydrogens (tertiary/aromatic N) is 7. The zero-order valence-corrected chi connectivity index (χ0v) is 22.2. The van der Waals surface area contributed by atoms with E-state index in [2.05, 4.69) is 32.4 Å². The number of rotatable bonds is 5. The van der Waals surface area contributed by atoms with Gasteiger partial charge in [0.2, 0.25) is 0 Å². The van der Waals surface area contributed by atoms with E-state index in [0.29, 0.717) is 33.5 Å². The lowest BCUT2D eigenvalue weighted by Crippen LogP contribution is -2.43. The summed E-state index contributed by atoms with van der Waals surface area (Å²) < 4.78 is 47.0. The number of pyridine rings is 1. The van der Waals surface area contributed by atoms with Gasteiger partial charge in [-0.2, -0.15) is 23.5 Å². The minimum absolute atomic E-state index is 0.323. The van der Waals surface area contributed by atoms with Crippen LogP contribution < -0.4 is 15.1 Å². The first-order valence-corrected chi connectivity index (χ1v) is 12.9. The number of carboxylic acids is 1. The van der Waals surface area contributed by atoms with E-state index in [1.807, 2.05) is 29.7 Å². The lowest BCUT2D eigenvalue weighted by Gasteiger charge is -2.29. The molecule has 1 aliphatic heterocycles. The lowest BCUT2D eigenvalue weighted by molar-refractivity contribution is -0.192. The third-order valence-corrected chi connectivity index (χ3v) is 7.05. The summed E-state index contributed by atoms with van der Waals surface area (Å²) in [5, 5.41) is 26.5. The molecule has 40 heavy (non-hydrogen) atoms. The number of hydrogen-bond acceptors (Lipinski definition) is 9. The standard InChI is InChI=1S/C23H23FN8S.C2HF3O2/c1-3-32-22(18-12-17(14-27-21(18)29-32)31-10-8-26-9-11-31)30(2)23-28-20(19(13-25)33-23)15-4-6-16(24)7-5-15;3-2(4,5)1(6)7/h4-7,12,14,26H,3,8-11H2,1-2H3;(H,6,7). The predicted octanol–water partition coefficient (Wildman–Crippen LogP) is 4.40. The minimum Gasteiger partial charge on any atom is -0.475 e. The van der Waals surface area contributed by atoms with Crippen LogP contribution in [0, 0.1) is 17.1 Å². The number of benzene rings is 1. The van der Waals surface area contributed by atoms with Gasteiger partial charge in [-0.1, -0.05) is 11.3 Å². The molecule has 0 bridgehead atoms. The van der Waals surface area contributed by atoms with Crippen molar-refractivity contribution in [3.63, 3.8) is 0 Å². The van der Waals surface area contributed by atoms with Crippen molar-refractivity contribution in [2.45, 2.75) is 19.6 Å². The molecule has 1 aromatic carbocycles. The molecule has 0 spiro atoms. The summed E-state index contributed by atoms with van der Waals surface area (Å²) in [7, 11) is 1.93. The van der Waals surface area contributed by atoms with E-state index in [4.69, 9.17) is 14.9 Å². The summed E-state index contributed by atoms with van der Waals surface area (Å²) in [4.78, 5) is 23.0. The topological polar surface area (TPSA) is 123 Å². The van der Waals surface area contributed by atoms with Gasteiger partial charge in [0.1, 0.15) is 28.3 Å². The minimum atomic E-state index is -5.08. The molecule has 1 fully saturated rings. The molecule has 2 N–H and O–H groups in total. The van der Waals surface area contributed by atoms with Crippen LogP contribution in [-0.4, -0.2) is 70.2 Å². The lowest BCUT2D eigenvalue weighted by atomic mass is 10.1. The summed E-state index contributed by atoms with van der Waals surface area (Å²) in [6, 6.07) is 10.4. The number of aryl methyl sites for hydroxylation is 1. The van der Waals surface area contributed by atoms with Crippen molar-refractivity contribution in [2.75, 3.05) is 43.0 Å². The largest absolute Gasteiger partial charge is 0.490 e. The summed E-state index contributed by atoms with van der Waals surface area (Å²) in [5.74, 6) is -2.20. The van der Waals surface area contributed by atoms with Crippen LogP contribution in [0.25, 0.3) is 22.3 Å². The summed E-state index contributed by atoms with van der Waals surface area (Å²) in [5.41, 5.74) is 3.00. The van der Waals surface area contributed by atoms with Gasteiger partial charge in [0.15, 0.2) is 10.8 Å². The molecule has 0 amide bonds. The Kier molecular flexibility index (Phi) is 8.50. The van der Waals surface area contributed by atoms with E-state index < -0.39 is 12.1 Å². The van der Waals surface area contributed by atoms with Gasteiger partial charge in [-0.15, -0.1) is 0 Å². The third-order valence-electron chi connectivity index (χ3n) is 6.02. The second-order valence-electron chi connectivity index (χ2n) is 8.60. The number of fused-ring (bicyclic) bond motifs is 1. The van der Waals surface area contributed by atoms with E-state index >= 15 is 0 Å². The number of aliphatic carboxylic acids is 1. The second-order valence-corrected chi connectivity index (χ2v) is 9.57. The van der Waals surface area contributed by atoms with Crippen molar-refractivity contribution in [1.29, 1.82) is 5.26 Å². The average Bonchev–Trinajstić information content (AvgIpc) is 3.54. The number of halogens is 4. The molecule has 15 heteroatoms. The first kappa shape index (κ1) is 28.7. The Morgan fingerprint density at radius 3 is 2.48 bits per heavy atom. The fourth-order valence-electron chi connectivity index (χ4n) is 4.08. The van der Waals surface area contributed by atoms with Crippen LogP contribution in [0.5, 0.6) is 0 Å². The Balaban J connectivity index is 0.000000470. The van der Waals surface area contributed by atoms with Gasteiger partial charge in [0.05, 0.1) is 17.3 Å². The number of alkyl halides is 3. The van der Waals surface area contributed by atoms with E-state index in [0.717, 1.165) is 43.1 Å². The normalized spacial score (nSPS) is 13.5. The van der Waals surface area contributed by atoms with E-state index in [1.165, 1.54) is 23.5 Å². The highest BCUT2D eigenvalue weighted by Crippen LogP contribution is 2.38. The Hall–Kier alpha value is -4.29. The zero-order chi connectivity index (χ0) is 29.0. The summed E-state index contributed by atoms with van der Waals surface area (Å²) >= 11 is 1.30. The number of hydrogen-bond donors (Lipinski definition) is 2. The monoisotopic (exact) mass is 576 g/mol. The van der Waals surface area contributed by atoms with Gasteiger partial charge < -0.3 is 20.2 Å². The SMILES string of the molecule is CCn1nc2ncc(N3CCNCC3)cc2c1N(C)c1nc(-c2ccc(F)cc2)c(C#N)s1.O=C(O)C(F)(F)F. The van der Waals surface area contributed by atoms with Gasteiger partial charge in [-0.25, -0.2) is 23.8 Å². The molecule has 0 unspecified atom stereocenters. The molecule has 0 aliphatic carbocycles. The van der Waals surface area contributed by atoms with Crippen LogP contribution in [0.2, 0.25) is 0 Å². The summed E-state index contributed by atoms with van der Waals surface area (Å²) in [6.07, 6.45) is -3.20. The van der Waals surface area contributed by atoms with Crippen LogP contribution in [0.15, 0.2) is 36.5 Å². The van der Waals surface area contributed by atoms with Crippen LogP contribution in [-0.2, 0) is 11.3 Å². The van der Waals surface area contributed by atoms with E-state index in [9.17, 15) is 22.8 Å². The number of carbonyl (C=O) groups is 1.